The molecule has 3 fully saturated rings. The Bertz CT molecular complexity index is 987. The van der Waals surface area contributed by atoms with Gasteiger partial charge in [0.15, 0.2) is 0 Å². The number of likely N-dealkylation sites (tertiary alicyclic amines) is 2. The molecule has 0 unspecified atom stereocenters. The van der Waals surface area contributed by atoms with E-state index in [-0.39, 0.29) is 11.8 Å². The molecular formula is C21H27N7O2. The van der Waals surface area contributed by atoms with E-state index in [1.807, 2.05) is 24.3 Å². The van der Waals surface area contributed by atoms with Crippen LogP contribution in [0.4, 0.5) is 10.6 Å². The lowest BCUT2D eigenvalue weighted by molar-refractivity contribution is 0.135. The first kappa shape index (κ1) is 19.2. The van der Waals surface area contributed by atoms with Crippen molar-refractivity contribution >= 4 is 11.8 Å². The number of fused-ring (bicyclic) bond motifs is 1. The van der Waals surface area contributed by atoms with Crippen molar-refractivity contribution < 1.29 is 4.79 Å². The molecular weight excluding hydrogens is 382 g/mol. The van der Waals surface area contributed by atoms with Crippen molar-refractivity contribution in [3.05, 3.63) is 52.6 Å². The van der Waals surface area contributed by atoms with Crippen LogP contribution >= 0.6 is 0 Å². The second kappa shape index (κ2) is 7.50. The number of carbonyl (C=O) groups excluding carboxylic acids is 1. The van der Waals surface area contributed by atoms with Crippen LogP contribution in [0, 0.1) is 17.8 Å². The molecule has 1 aromatic carbocycles. The number of anilines is 1. The van der Waals surface area contributed by atoms with Crippen LogP contribution < -0.4 is 22.5 Å². The number of nitrogens with one attached hydrogen (secondary N) is 1. The van der Waals surface area contributed by atoms with Crippen LogP contribution in [0.2, 0.25) is 0 Å². The lowest BCUT2D eigenvalue weighted by atomic mass is 10.0. The fourth-order valence-electron chi connectivity index (χ4n) is 4.55. The van der Waals surface area contributed by atoms with E-state index in [1.54, 1.807) is 17.2 Å². The molecule has 1 aliphatic carbocycles. The molecule has 0 bridgehead atoms. The van der Waals surface area contributed by atoms with Crippen molar-refractivity contribution in [2.24, 2.45) is 29.2 Å². The standard InChI is InChI=1S/C21H27N7O2/c22-7-14-9-27(10-14)20(29)24-18-5-6-28(21(30)25-18)15-3-1-13(2-4-15)8-26-11-16-17(12-26)19(16)23/h1-6,14,16-17,19H,7-12,22-23H2,(H,24,25,29,30)/t16-,17+,19+. The fraction of sp³-hybridized carbons (Fsp3) is 0.476. The van der Waals surface area contributed by atoms with E-state index in [9.17, 15) is 9.59 Å². The number of hydrogen-bond donors (Lipinski definition) is 3. The largest absolute Gasteiger partial charge is 0.354 e. The third-order valence-electron chi connectivity index (χ3n) is 6.57. The molecule has 2 aliphatic heterocycles. The number of nitrogens with two attached hydrogens (primary N) is 2. The number of urea groups is 1. The Hall–Kier alpha value is -2.75. The third kappa shape index (κ3) is 3.60. The van der Waals surface area contributed by atoms with Crippen LogP contribution in [0.25, 0.3) is 5.69 Å². The quantitative estimate of drug-likeness (QED) is 0.641. The monoisotopic (exact) mass is 409 g/mol. The Morgan fingerprint density at radius 2 is 1.80 bits per heavy atom. The Kier molecular flexibility index (Phi) is 4.80. The van der Waals surface area contributed by atoms with Crippen molar-refractivity contribution in [2.75, 3.05) is 38.0 Å². The van der Waals surface area contributed by atoms with E-state index in [2.05, 4.69) is 15.2 Å². The number of nitrogens with zero attached hydrogens (tertiary/aromatic N) is 4. The Morgan fingerprint density at radius 3 is 2.43 bits per heavy atom. The molecule has 1 aromatic heterocycles. The average molecular weight is 409 g/mol. The molecule has 9 heteroatoms. The summed E-state index contributed by atoms with van der Waals surface area (Å²) in [6.07, 6.45) is 1.63. The summed E-state index contributed by atoms with van der Waals surface area (Å²) in [5, 5.41) is 2.67. The molecule has 0 radical (unpaired) electrons. The van der Waals surface area contributed by atoms with Gasteiger partial charge >= 0.3 is 11.7 Å². The Balaban J connectivity index is 1.20. The van der Waals surface area contributed by atoms with Gasteiger partial charge in [-0.25, -0.2) is 9.59 Å². The highest BCUT2D eigenvalue weighted by atomic mass is 16.2. The lowest BCUT2D eigenvalue weighted by Gasteiger charge is -2.38. The minimum absolute atomic E-state index is 0.250. The van der Waals surface area contributed by atoms with Crippen LogP contribution in [0.15, 0.2) is 41.3 Å². The molecule has 2 saturated heterocycles. The summed E-state index contributed by atoms with van der Waals surface area (Å²) in [5.74, 6) is 1.96. The van der Waals surface area contributed by atoms with Crippen LogP contribution in [-0.2, 0) is 6.54 Å². The van der Waals surface area contributed by atoms with Gasteiger partial charge in [-0.3, -0.25) is 14.8 Å². The summed E-state index contributed by atoms with van der Waals surface area (Å²) in [6.45, 7) is 4.90. The first-order chi connectivity index (χ1) is 14.5. The van der Waals surface area contributed by atoms with E-state index in [0.717, 1.165) is 25.3 Å². The summed E-state index contributed by atoms with van der Waals surface area (Å²) in [6, 6.07) is 9.71. The number of hydrogen-bond acceptors (Lipinski definition) is 6. The molecule has 2 amide bonds. The van der Waals surface area contributed by atoms with Gasteiger partial charge in [0.05, 0.1) is 5.69 Å². The SMILES string of the molecule is NCC1CN(C(=O)Nc2ccn(-c3ccc(CN4C[C@@H]5[C@@H](N)[C@@H]5C4)cc3)c(=O)n2)C1. The summed E-state index contributed by atoms with van der Waals surface area (Å²) < 4.78 is 1.47. The number of carbonyl (C=O) groups is 1. The van der Waals surface area contributed by atoms with Gasteiger partial charge in [0.1, 0.15) is 5.82 Å². The van der Waals surface area contributed by atoms with Gasteiger partial charge in [0, 0.05) is 50.9 Å². The first-order valence-electron chi connectivity index (χ1n) is 10.4. The highest BCUT2D eigenvalue weighted by molar-refractivity contribution is 5.88. The van der Waals surface area contributed by atoms with E-state index in [0.29, 0.717) is 43.4 Å². The number of piperidine rings is 1. The second-order valence-electron chi connectivity index (χ2n) is 8.67. The zero-order valence-corrected chi connectivity index (χ0v) is 16.8. The maximum Gasteiger partial charge on any atom is 0.354 e. The number of benzene rings is 1. The van der Waals surface area contributed by atoms with Crippen LogP contribution in [-0.4, -0.2) is 64.1 Å². The lowest BCUT2D eigenvalue weighted by Crippen LogP contribution is -2.54. The van der Waals surface area contributed by atoms with Crippen molar-refractivity contribution in [3.63, 3.8) is 0 Å². The average Bonchev–Trinajstić information content (AvgIpc) is 3.09. The van der Waals surface area contributed by atoms with Crippen LogP contribution in [0.3, 0.4) is 0 Å². The predicted molar refractivity (Wildman–Crippen MR) is 113 cm³/mol. The van der Waals surface area contributed by atoms with E-state index < -0.39 is 5.69 Å². The van der Waals surface area contributed by atoms with Gasteiger partial charge in [0.2, 0.25) is 0 Å². The molecule has 1 saturated carbocycles. The number of aromatic nitrogens is 2. The summed E-state index contributed by atoms with van der Waals surface area (Å²) in [7, 11) is 0. The number of amides is 2. The third-order valence-corrected chi connectivity index (χ3v) is 6.57. The summed E-state index contributed by atoms with van der Waals surface area (Å²) in [5.41, 5.74) is 13.1. The predicted octanol–water partition coefficient (Wildman–Crippen LogP) is 0.0438. The summed E-state index contributed by atoms with van der Waals surface area (Å²) >= 11 is 0. The van der Waals surface area contributed by atoms with Crippen LogP contribution in [0.5, 0.6) is 0 Å². The van der Waals surface area contributed by atoms with E-state index in [1.165, 1.54) is 10.1 Å². The van der Waals surface area contributed by atoms with Gasteiger partial charge in [-0.2, -0.15) is 4.98 Å². The Morgan fingerprint density at radius 1 is 1.10 bits per heavy atom. The molecule has 9 nitrogen and oxygen atoms in total. The maximum atomic E-state index is 12.5. The van der Waals surface area contributed by atoms with Gasteiger partial charge in [-0.1, -0.05) is 12.1 Å². The molecule has 2 aromatic rings. The second-order valence-corrected chi connectivity index (χ2v) is 8.67. The maximum absolute atomic E-state index is 12.5. The van der Waals surface area contributed by atoms with Crippen molar-refractivity contribution in [3.8, 4) is 5.69 Å². The molecule has 3 heterocycles. The molecule has 5 N–H and O–H groups in total. The van der Waals surface area contributed by atoms with E-state index >= 15 is 0 Å². The van der Waals surface area contributed by atoms with Gasteiger partial charge in [0.25, 0.3) is 0 Å². The first-order valence-corrected chi connectivity index (χ1v) is 10.4. The van der Waals surface area contributed by atoms with Gasteiger partial charge in [-0.05, 0) is 42.1 Å². The highest BCUT2D eigenvalue weighted by Gasteiger charge is 2.53. The van der Waals surface area contributed by atoms with Crippen LogP contribution in [0.1, 0.15) is 5.56 Å². The fourth-order valence-corrected chi connectivity index (χ4v) is 4.55. The van der Waals surface area contributed by atoms with Crippen molar-refractivity contribution in [1.82, 2.24) is 19.4 Å². The molecule has 30 heavy (non-hydrogen) atoms. The minimum atomic E-state index is -0.433. The zero-order chi connectivity index (χ0) is 20.8. The van der Waals surface area contributed by atoms with Gasteiger partial charge < -0.3 is 16.4 Å². The molecule has 3 aliphatic rings. The van der Waals surface area contributed by atoms with E-state index in [4.69, 9.17) is 11.5 Å². The number of rotatable bonds is 5. The summed E-state index contributed by atoms with van der Waals surface area (Å²) in [4.78, 5) is 32.7. The molecule has 0 spiro atoms. The van der Waals surface area contributed by atoms with Crippen molar-refractivity contribution in [2.45, 2.75) is 12.6 Å². The zero-order valence-electron chi connectivity index (χ0n) is 16.8. The van der Waals surface area contributed by atoms with Crippen molar-refractivity contribution in [1.29, 1.82) is 0 Å². The topological polar surface area (TPSA) is 123 Å². The molecule has 3 atom stereocenters. The minimum Gasteiger partial charge on any atom is -0.330 e. The molecule has 158 valence electrons. The Labute approximate surface area is 174 Å². The normalized spacial score (nSPS) is 25.7. The molecule has 5 rings (SSSR count). The van der Waals surface area contributed by atoms with Gasteiger partial charge in [-0.15, -0.1) is 0 Å². The highest BCUT2D eigenvalue weighted by Crippen LogP contribution is 2.44. The smallest absolute Gasteiger partial charge is 0.330 e.